The predicted molar refractivity (Wildman–Crippen MR) is 75.2 cm³/mol. The van der Waals surface area contributed by atoms with Crippen LogP contribution in [0.15, 0.2) is 18.5 Å². The van der Waals surface area contributed by atoms with Crippen molar-refractivity contribution in [3.05, 3.63) is 24.0 Å². The highest BCUT2D eigenvalue weighted by Gasteiger charge is 2.04. The van der Waals surface area contributed by atoms with Crippen molar-refractivity contribution in [3.8, 4) is 0 Å². The highest BCUT2D eigenvalue weighted by Crippen LogP contribution is 2.13. The van der Waals surface area contributed by atoms with Crippen LogP contribution in [-0.2, 0) is 20.8 Å². The molecule has 1 atom stereocenters. The summed E-state index contributed by atoms with van der Waals surface area (Å²) in [6.07, 6.45) is 5.09. The molecule has 2 N–H and O–H groups in total. The van der Waals surface area contributed by atoms with Crippen LogP contribution in [0.2, 0.25) is 0 Å². The van der Waals surface area contributed by atoms with Crippen molar-refractivity contribution in [1.29, 1.82) is 0 Å². The molecule has 0 fully saturated rings. The molecule has 0 saturated carbocycles. The van der Waals surface area contributed by atoms with Crippen molar-refractivity contribution in [2.45, 2.75) is 25.9 Å². The summed E-state index contributed by atoms with van der Waals surface area (Å²) < 4.78 is 17.8. The fourth-order valence-corrected chi connectivity index (χ4v) is 1.69. The van der Waals surface area contributed by atoms with Crippen LogP contribution >= 0.6 is 0 Å². The zero-order valence-electron chi connectivity index (χ0n) is 12.0. The summed E-state index contributed by atoms with van der Waals surface area (Å²) in [5.74, 6) is 0. The van der Waals surface area contributed by atoms with Crippen molar-refractivity contribution in [3.63, 3.8) is 0 Å². The Balaban J connectivity index is 2.04. The van der Waals surface area contributed by atoms with E-state index in [-0.39, 0.29) is 6.04 Å². The molecule has 0 amide bonds. The van der Waals surface area contributed by atoms with E-state index in [4.69, 9.17) is 19.9 Å². The lowest BCUT2D eigenvalue weighted by Gasteiger charge is -2.07. The molecule has 0 bridgehead atoms. The van der Waals surface area contributed by atoms with Gasteiger partial charge in [-0.1, -0.05) is 6.92 Å². The van der Waals surface area contributed by atoms with E-state index in [1.807, 2.05) is 6.20 Å². The zero-order valence-corrected chi connectivity index (χ0v) is 12.0. The Labute approximate surface area is 115 Å². The molecule has 1 aromatic heterocycles. The van der Waals surface area contributed by atoms with Gasteiger partial charge in [0.1, 0.15) is 0 Å². The van der Waals surface area contributed by atoms with Gasteiger partial charge in [0.2, 0.25) is 0 Å². The summed E-state index contributed by atoms with van der Waals surface area (Å²) in [4.78, 5) is 0. The Hall–Kier alpha value is -0.880. The van der Waals surface area contributed by atoms with Crippen LogP contribution in [0.1, 0.15) is 24.9 Å². The van der Waals surface area contributed by atoms with Crippen LogP contribution in [0.4, 0.5) is 0 Å². The molecule has 0 radical (unpaired) electrons. The van der Waals surface area contributed by atoms with Gasteiger partial charge in [0.15, 0.2) is 0 Å². The van der Waals surface area contributed by atoms with Crippen molar-refractivity contribution in [2.24, 2.45) is 5.73 Å². The van der Waals surface area contributed by atoms with Crippen LogP contribution in [-0.4, -0.2) is 44.7 Å². The molecule has 1 unspecified atom stereocenters. The Kier molecular flexibility index (Phi) is 8.49. The van der Waals surface area contributed by atoms with Gasteiger partial charge in [0, 0.05) is 32.1 Å². The lowest BCUT2D eigenvalue weighted by atomic mass is 10.1. The Bertz CT molecular complexity index is 328. The topological polar surface area (TPSA) is 58.6 Å². The Morgan fingerprint density at radius 3 is 2.53 bits per heavy atom. The van der Waals surface area contributed by atoms with Crippen LogP contribution in [0.25, 0.3) is 0 Å². The molecule has 19 heavy (non-hydrogen) atoms. The van der Waals surface area contributed by atoms with Crippen molar-refractivity contribution >= 4 is 0 Å². The van der Waals surface area contributed by atoms with Crippen LogP contribution in [0.5, 0.6) is 0 Å². The first-order chi connectivity index (χ1) is 9.27. The fraction of sp³-hybridized carbons (Fsp3) is 0.714. The molecule has 110 valence electrons. The van der Waals surface area contributed by atoms with Crippen LogP contribution in [0, 0.1) is 0 Å². The van der Waals surface area contributed by atoms with E-state index in [1.54, 1.807) is 7.11 Å². The lowest BCUT2D eigenvalue weighted by Crippen LogP contribution is -2.11. The highest BCUT2D eigenvalue weighted by molar-refractivity contribution is 5.14. The molecule has 0 saturated heterocycles. The molecule has 0 aromatic carbocycles. The largest absolute Gasteiger partial charge is 0.382 e. The van der Waals surface area contributed by atoms with E-state index >= 15 is 0 Å². The quantitative estimate of drug-likeness (QED) is 0.620. The minimum Gasteiger partial charge on any atom is -0.382 e. The molecule has 5 nitrogen and oxygen atoms in total. The third-order valence-corrected chi connectivity index (χ3v) is 2.94. The summed E-state index contributed by atoms with van der Waals surface area (Å²) in [5.41, 5.74) is 7.16. The molecule has 0 aliphatic heterocycles. The maximum absolute atomic E-state index is 5.97. The van der Waals surface area contributed by atoms with E-state index in [1.165, 1.54) is 5.56 Å². The number of hydrogen-bond acceptors (Lipinski definition) is 4. The summed E-state index contributed by atoms with van der Waals surface area (Å²) >= 11 is 0. The van der Waals surface area contributed by atoms with Crippen LogP contribution < -0.4 is 5.73 Å². The number of rotatable bonds is 11. The van der Waals surface area contributed by atoms with Crippen molar-refractivity contribution in [1.82, 2.24) is 4.57 Å². The highest BCUT2D eigenvalue weighted by atomic mass is 16.5. The number of nitrogens with zero attached hydrogens (tertiary/aromatic N) is 1. The number of methoxy groups -OCH3 is 1. The average Bonchev–Trinajstić information content (AvgIpc) is 2.89. The molecule has 5 heteroatoms. The van der Waals surface area contributed by atoms with E-state index in [0.29, 0.717) is 33.0 Å². The average molecular weight is 270 g/mol. The van der Waals surface area contributed by atoms with Gasteiger partial charge in [-0.05, 0) is 18.1 Å². The van der Waals surface area contributed by atoms with E-state index in [0.717, 1.165) is 13.0 Å². The van der Waals surface area contributed by atoms with Gasteiger partial charge in [-0.2, -0.15) is 0 Å². The lowest BCUT2D eigenvalue weighted by molar-refractivity contribution is 0.0230. The second-order valence-electron chi connectivity index (χ2n) is 4.41. The van der Waals surface area contributed by atoms with E-state index < -0.39 is 0 Å². The van der Waals surface area contributed by atoms with Crippen molar-refractivity contribution in [2.75, 3.05) is 40.1 Å². The predicted octanol–water partition coefficient (Wildman–Crippen LogP) is 1.58. The maximum Gasteiger partial charge on any atom is 0.0701 e. The third kappa shape index (κ3) is 6.73. The van der Waals surface area contributed by atoms with E-state index in [9.17, 15) is 0 Å². The van der Waals surface area contributed by atoms with E-state index in [2.05, 4.69) is 23.8 Å². The van der Waals surface area contributed by atoms with Gasteiger partial charge in [-0.25, -0.2) is 0 Å². The fourth-order valence-electron chi connectivity index (χ4n) is 1.69. The summed E-state index contributed by atoms with van der Waals surface area (Å²) in [7, 11) is 1.66. The van der Waals surface area contributed by atoms with Gasteiger partial charge < -0.3 is 24.5 Å². The first-order valence-electron chi connectivity index (χ1n) is 6.83. The summed E-state index contributed by atoms with van der Waals surface area (Å²) in [6, 6.07) is 2.21. The molecular formula is C14H26N2O3. The second-order valence-corrected chi connectivity index (χ2v) is 4.41. The zero-order chi connectivity index (χ0) is 13.9. The Morgan fingerprint density at radius 2 is 1.84 bits per heavy atom. The SMILES string of the molecule is CCC(N)c1ccn(CCOCCOCCOC)c1. The monoisotopic (exact) mass is 270 g/mol. The van der Waals surface area contributed by atoms with Gasteiger partial charge in [-0.3, -0.25) is 0 Å². The third-order valence-electron chi connectivity index (χ3n) is 2.94. The first-order valence-corrected chi connectivity index (χ1v) is 6.83. The summed E-state index contributed by atoms with van der Waals surface area (Å²) in [5, 5.41) is 0. The maximum atomic E-state index is 5.97. The van der Waals surface area contributed by atoms with Gasteiger partial charge in [-0.15, -0.1) is 0 Å². The minimum absolute atomic E-state index is 0.136. The molecule has 1 heterocycles. The Morgan fingerprint density at radius 1 is 1.16 bits per heavy atom. The number of hydrogen-bond donors (Lipinski definition) is 1. The van der Waals surface area contributed by atoms with Gasteiger partial charge in [0.05, 0.1) is 33.0 Å². The second kappa shape index (κ2) is 9.97. The molecule has 1 aromatic rings. The molecular weight excluding hydrogens is 244 g/mol. The number of aromatic nitrogens is 1. The number of nitrogens with two attached hydrogens (primary N) is 1. The van der Waals surface area contributed by atoms with Gasteiger partial charge >= 0.3 is 0 Å². The van der Waals surface area contributed by atoms with Crippen LogP contribution in [0.3, 0.4) is 0 Å². The normalized spacial score (nSPS) is 12.8. The number of ether oxygens (including phenoxy) is 3. The molecule has 0 aliphatic rings. The molecule has 0 aliphatic carbocycles. The molecule has 1 rings (SSSR count). The van der Waals surface area contributed by atoms with Gasteiger partial charge in [0.25, 0.3) is 0 Å². The van der Waals surface area contributed by atoms with Crippen molar-refractivity contribution < 1.29 is 14.2 Å². The summed E-state index contributed by atoms with van der Waals surface area (Å²) in [6.45, 7) is 6.10. The standard InChI is InChI=1S/C14H26N2O3/c1-3-14(15)13-4-5-16(12-13)6-7-18-10-11-19-9-8-17-2/h4-5,12,14H,3,6-11,15H2,1-2H3. The molecule has 0 spiro atoms. The minimum atomic E-state index is 0.136. The first kappa shape index (κ1) is 16.2. The smallest absolute Gasteiger partial charge is 0.0701 e.